The Labute approximate surface area is 163 Å². The summed E-state index contributed by atoms with van der Waals surface area (Å²) in [5.41, 5.74) is 6.18. The monoisotopic (exact) mass is 378 g/mol. The van der Waals surface area contributed by atoms with Crippen molar-refractivity contribution in [1.29, 1.82) is 0 Å². The lowest BCUT2D eigenvalue weighted by atomic mass is 10.1. The molecule has 0 atom stereocenters. The van der Waals surface area contributed by atoms with Crippen LogP contribution in [0.3, 0.4) is 0 Å². The smallest absolute Gasteiger partial charge is 0.271 e. The fraction of sp³-hybridized carbons (Fsp3) is 0.0909. The Morgan fingerprint density at radius 2 is 1.81 bits per heavy atom. The molecule has 0 saturated heterocycles. The number of hydrazone groups is 1. The first kappa shape index (κ1) is 18.7. The van der Waals surface area contributed by atoms with Crippen LogP contribution in [0, 0.1) is 6.92 Å². The van der Waals surface area contributed by atoms with Gasteiger partial charge in [0.2, 0.25) is 0 Å². The zero-order valence-corrected chi connectivity index (χ0v) is 15.6. The summed E-state index contributed by atoms with van der Waals surface area (Å²) in [6.07, 6.45) is 1.58. The van der Waals surface area contributed by atoms with Gasteiger partial charge in [-0.3, -0.25) is 4.79 Å². The van der Waals surface area contributed by atoms with Crippen molar-refractivity contribution in [3.63, 3.8) is 0 Å². The summed E-state index contributed by atoms with van der Waals surface area (Å²) >= 11 is 5.81. The second-order valence-corrected chi connectivity index (χ2v) is 6.49. The van der Waals surface area contributed by atoms with Crippen LogP contribution in [0.25, 0.3) is 0 Å². The number of rotatable bonds is 6. The van der Waals surface area contributed by atoms with Crippen LogP contribution in [-0.4, -0.2) is 12.1 Å². The van der Waals surface area contributed by atoms with Crippen molar-refractivity contribution < 1.29 is 9.53 Å². The van der Waals surface area contributed by atoms with Gasteiger partial charge in [0.25, 0.3) is 5.91 Å². The highest BCUT2D eigenvalue weighted by atomic mass is 35.5. The number of hydrogen-bond donors (Lipinski definition) is 1. The Bertz CT molecular complexity index is 935. The van der Waals surface area contributed by atoms with E-state index in [0.717, 1.165) is 16.9 Å². The van der Waals surface area contributed by atoms with Crippen molar-refractivity contribution in [2.45, 2.75) is 13.5 Å². The Morgan fingerprint density at radius 3 is 2.52 bits per heavy atom. The number of nitrogens with one attached hydrogen (secondary N) is 1. The molecule has 136 valence electrons. The summed E-state index contributed by atoms with van der Waals surface area (Å²) in [5.74, 6) is 0.486. The normalized spacial score (nSPS) is 10.7. The second kappa shape index (κ2) is 9.01. The lowest BCUT2D eigenvalue weighted by Crippen LogP contribution is -2.17. The Morgan fingerprint density at radius 1 is 1.07 bits per heavy atom. The van der Waals surface area contributed by atoms with Crippen LogP contribution in [0.2, 0.25) is 5.02 Å². The van der Waals surface area contributed by atoms with Gasteiger partial charge < -0.3 is 4.74 Å². The highest BCUT2D eigenvalue weighted by Crippen LogP contribution is 2.14. The predicted octanol–water partition coefficient (Wildman–Crippen LogP) is 4.99. The van der Waals surface area contributed by atoms with Gasteiger partial charge in [-0.2, -0.15) is 5.10 Å². The van der Waals surface area contributed by atoms with E-state index >= 15 is 0 Å². The van der Waals surface area contributed by atoms with Gasteiger partial charge in [0.05, 0.1) is 6.21 Å². The van der Waals surface area contributed by atoms with Crippen molar-refractivity contribution in [1.82, 2.24) is 5.43 Å². The van der Waals surface area contributed by atoms with Gasteiger partial charge in [0.15, 0.2) is 0 Å². The highest BCUT2D eigenvalue weighted by molar-refractivity contribution is 6.30. The van der Waals surface area contributed by atoms with Crippen LogP contribution in [0.4, 0.5) is 0 Å². The zero-order valence-electron chi connectivity index (χ0n) is 14.9. The summed E-state index contributed by atoms with van der Waals surface area (Å²) in [6, 6.07) is 22.3. The summed E-state index contributed by atoms with van der Waals surface area (Å²) in [4.78, 5) is 12.0. The number of halogens is 1. The summed E-state index contributed by atoms with van der Waals surface area (Å²) < 4.78 is 5.79. The molecular formula is C22H19ClN2O2. The summed E-state index contributed by atoms with van der Waals surface area (Å²) in [5, 5.41) is 4.56. The number of carbonyl (C=O) groups excluding carboxylic acids is 1. The first-order valence-electron chi connectivity index (χ1n) is 8.47. The van der Waals surface area contributed by atoms with E-state index in [-0.39, 0.29) is 5.91 Å². The number of benzene rings is 3. The van der Waals surface area contributed by atoms with Gasteiger partial charge in [-0.25, -0.2) is 5.43 Å². The van der Waals surface area contributed by atoms with Crippen molar-refractivity contribution in [3.8, 4) is 5.75 Å². The maximum absolute atomic E-state index is 12.0. The standard InChI is InChI=1S/C22H19ClN2O2/c1-16-3-2-4-18(13-16)15-27-21-11-5-17(6-12-21)14-24-25-22(26)19-7-9-20(23)10-8-19/h2-14H,15H2,1H3,(H,25,26)/b24-14+. The molecule has 1 amide bonds. The van der Waals surface area contributed by atoms with E-state index in [1.807, 2.05) is 36.4 Å². The van der Waals surface area contributed by atoms with Crippen LogP contribution in [0.1, 0.15) is 27.0 Å². The summed E-state index contributed by atoms with van der Waals surface area (Å²) in [7, 11) is 0. The molecule has 3 aromatic carbocycles. The molecule has 0 saturated carbocycles. The minimum atomic E-state index is -0.291. The molecule has 27 heavy (non-hydrogen) atoms. The fourth-order valence-electron chi connectivity index (χ4n) is 2.45. The van der Waals surface area contributed by atoms with Gasteiger partial charge >= 0.3 is 0 Å². The minimum absolute atomic E-state index is 0.291. The molecule has 1 N–H and O–H groups in total. The highest BCUT2D eigenvalue weighted by Gasteiger charge is 2.03. The molecule has 3 aromatic rings. The van der Waals surface area contributed by atoms with E-state index in [1.54, 1.807) is 30.5 Å². The molecule has 0 radical (unpaired) electrons. The third kappa shape index (κ3) is 5.69. The fourth-order valence-corrected chi connectivity index (χ4v) is 2.58. The molecule has 0 heterocycles. The molecule has 4 nitrogen and oxygen atoms in total. The molecular weight excluding hydrogens is 360 g/mol. The third-order valence-corrected chi connectivity index (χ3v) is 4.11. The predicted molar refractivity (Wildman–Crippen MR) is 108 cm³/mol. The third-order valence-electron chi connectivity index (χ3n) is 3.85. The van der Waals surface area contributed by atoms with Crippen LogP contribution in [-0.2, 0) is 6.61 Å². The topological polar surface area (TPSA) is 50.7 Å². The van der Waals surface area contributed by atoms with E-state index < -0.39 is 0 Å². The number of hydrogen-bond acceptors (Lipinski definition) is 3. The van der Waals surface area contributed by atoms with Gasteiger partial charge in [0.1, 0.15) is 12.4 Å². The van der Waals surface area contributed by atoms with E-state index in [1.165, 1.54) is 5.56 Å². The average molecular weight is 379 g/mol. The van der Waals surface area contributed by atoms with Crippen molar-refractivity contribution in [2.24, 2.45) is 5.10 Å². The minimum Gasteiger partial charge on any atom is -0.489 e. The molecule has 3 rings (SSSR count). The van der Waals surface area contributed by atoms with Gasteiger partial charge in [-0.05, 0) is 66.6 Å². The summed E-state index contributed by atoms with van der Waals surface area (Å²) in [6.45, 7) is 2.58. The number of amides is 1. The largest absolute Gasteiger partial charge is 0.489 e. The van der Waals surface area contributed by atoms with Gasteiger partial charge in [-0.1, -0.05) is 41.4 Å². The molecule has 0 aromatic heterocycles. The van der Waals surface area contributed by atoms with Gasteiger partial charge in [0, 0.05) is 10.6 Å². The zero-order chi connectivity index (χ0) is 19.1. The van der Waals surface area contributed by atoms with Crippen molar-refractivity contribution in [3.05, 3.63) is 100 Å². The van der Waals surface area contributed by atoms with Crippen LogP contribution in [0.15, 0.2) is 77.9 Å². The number of nitrogens with zero attached hydrogens (tertiary/aromatic N) is 1. The van der Waals surface area contributed by atoms with Crippen LogP contribution in [0.5, 0.6) is 5.75 Å². The first-order chi connectivity index (χ1) is 13.1. The molecule has 0 unspecified atom stereocenters. The SMILES string of the molecule is Cc1cccc(COc2ccc(/C=N/NC(=O)c3ccc(Cl)cc3)cc2)c1. The van der Waals surface area contributed by atoms with Crippen molar-refractivity contribution in [2.75, 3.05) is 0 Å². The molecule has 0 aliphatic carbocycles. The Balaban J connectivity index is 1.51. The Hall–Kier alpha value is -3.11. The maximum Gasteiger partial charge on any atom is 0.271 e. The second-order valence-electron chi connectivity index (χ2n) is 6.05. The molecule has 0 bridgehead atoms. The molecule has 0 spiro atoms. The maximum atomic E-state index is 12.0. The van der Waals surface area contributed by atoms with Crippen LogP contribution < -0.4 is 10.2 Å². The van der Waals surface area contributed by atoms with Crippen molar-refractivity contribution >= 4 is 23.7 Å². The lowest BCUT2D eigenvalue weighted by molar-refractivity contribution is 0.0955. The van der Waals surface area contributed by atoms with E-state index in [2.05, 4.69) is 29.6 Å². The average Bonchev–Trinajstić information content (AvgIpc) is 2.68. The molecule has 0 aliphatic rings. The lowest BCUT2D eigenvalue weighted by Gasteiger charge is -2.07. The van der Waals surface area contributed by atoms with Gasteiger partial charge in [-0.15, -0.1) is 0 Å². The Kier molecular flexibility index (Phi) is 6.23. The number of ether oxygens (including phenoxy) is 1. The molecule has 0 aliphatic heterocycles. The number of aryl methyl sites for hydroxylation is 1. The number of carbonyl (C=O) groups is 1. The first-order valence-corrected chi connectivity index (χ1v) is 8.85. The van der Waals surface area contributed by atoms with Crippen LogP contribution >= 0.6 is 11.6 Å². The quantitative estimate of drug-likeness (QED) is 0.485. The van der Waals surface area contributed by atoms with E-state index in [4.69, 9.17) is 16.3 Å². The van der Waals surface area contributed by atoms with E-state index in [9.17, 15) is 4.79 Å². The van der Waals surface area contributed by atoms with E-state index in [0.29, 0.717) is 17.2 Å². The molecule has 5 heteroatoms. The molecule has 0 fully saturated rings.